The van der Waals surface area contributed by atoms with Crippen molar-refractivity contribution in [2.24, 2.45) is 5.92 Å². The first-order valence-corrected chi connectivity index (χ1v) is 11.7. The Morgan fingerprint density at radius 1 is 1.13 bits per heavy atom. The number of piperazine rings is 1. The Balaban J connectivity index is 1.20. The lowest BCUT2D eigenvalue weighted by atomic mass is 9.89. The van der Waals surface area contributed by atoms with Crippen molar-refractivity contribution in [1.29, 1.82) is 0 Å². The van der Waals surface area contributed by atoms with E-state index in [1.807, 2.05) is 23.5 Å². The number of rotatable bonds is 3. The monoisotopic (exact) mass is 418 g/mol. The minimum atomic E-state index is 0.783. The van der Waals surface area contributed by atoms with Gasteiger partial charge in [-0.2, -0.15) is 0 Å². The lowest BCUT2D eigenvalue weighted by Gasteiger charge is -2.35. The molecule has 6 nitrogen and oxygen atoms in total. The minimum Gasteiger partial charge on any atom is -0.353 e. The van der Waals surface area contributed by atoms with Crippen LogP contribution in [0.5, 0.6) is 0 Å². The summed E-state index contributed by atoms with van der Waals surface area (Å²) in [4.78, 5) is 21.8. The topological polar surface area (TPSA) is 49.6 Å². The van der Waals surface area contributed by atoms with Gasteiger partial charge in [-0.05, 0) is 42.9 Å². The van der Waals surface area contributed by atoms with Gasteiger partial charge in [-0.3, -0.25) is 4.90 Å². The van der Waals surface area contributed by atoms with Crippen LogP contribution >= 0.6 is 11.3 Å². The van der Waals surface area contributed by atoms with Gasteiger partial charge >= 0.3 is 0 Å². The average molecular weight is 419 g/mol. The Bertz CT molecular complexity index is 1170. The third kappa shape index (κ3) is 3.17. The van der Waals surface area contributed by atoms with Crippen LogP contribution in [0.3, 0.4) is 0 Å². The van der Waals surface area contributed by atoms with E-state index in [9.17, 15) is 0 Å². The molecule has 2 aliphatic rings. The van der Waals surface area contributed by atoms with E-state index in [0.29, 0.717) is 0 Å². The maximum absolute atomic E-state index is 4.76. The molecule has 1 saturated heterocycles. The van der Waals surface area contributed by atoms with Crippen molar-refractivity contribution in [1.82, 2.24) is 24.3 Å². The predicted molar refractivity (Wildman–Crippen MR) is 121 cm³/mol. The quantitative estimate of drug-likeness (QED) is 0.507. The third-order valence-corrected chi connectivity index (χ3v) is 7.71. The molecule has 0 aromatic carbocycles. The molecule has 1 fully saturated rings. The normalized spacial score (nSPS) is 20.2. The van der Waals surface area contributed by atoms with Gasteiger partial charge in [0.2, 0.25) is 0 Å². The Morgan fingerprint density at radius 3 is 2.90 bits per heavy atom. The highest BCUT2D eigenvalue weighted by Gasteiger charge is 2.26. The van der Waals surface area contributed by atoms with E-state index >= 15 is 0 Å². The first kappa shape index (κ1) is 18.3. The lowest BCUT2D eigenvalue weighted by molar-refractivity contribution is 0.247. The van der Waals surface area contributed by atoms with Gasteiger partial charge in [-0.15, -0.1) is 11.3 Å². The second-order valence-corrected chi connectivity index (χ2v) is 9.77. The summed E-state index contributed by atoms with van der Waals surface area (Å²) in [5.74, 6) is 1.93. The number of aryl methyl sites for hydroxylation is 1. The van der Waals surface area contributed by atoms with Crippen molar-refractivity contribution in [2.75, 3.05) is 31.1 Å². The number of hydrogen-bond donors (Lipinski definition) is 0. The number of anilines is 1. The van der Waals surface area contributed by atoms with Crippen LogP contribution in [0.2, 0.25) is 0 Å². The molecule has 0 N–H and O–H groups in total. The first-order chi connectivity index (χ1) is 14.7. The van der Waals surface area contributed by atoms with E-state index in [1.165, 1.54) is 39.9 Å². The summed E-state index contributed by atoms with van der Waals surface area (Å²) in [7, 11) is 0. The summed E-state index contributed by atoms with van der Waals surface area (Å²) < 4.78 is 2.10. The number of imidazole rings is 1. The second-order valence-electron chi connectivity index (χ2n) is 8.69. The predicted octanol–water partition coefficient (Wildman–Crippen LogP) is 3.79. The summed E-state index contributed by atoms with van der Waals surface area (Å²) in [6.07, 6.45) is 9.61. The Morgan fingerprint density at radius 2 is 2.03 bits per heavy atom. The zero-order chi connectivity index (χ0) is 20.1. The number of pyridine rings is 1. The van der Waals surface area contributed by atoms with Gasteiger partial charge in [0, 0.05) is 50.0 Å². The molecular weight excluding hydrogens is 392 g/mol. The van der Waals surface area contributed by atoms with Crippen molar-refractivity contribution < 1.29 is 0 Å². The molecule has 4 aromatic heterocycles. The largest absolute Gasteiger partial charge is 0.353 e. The van der Waals surface area contributed by atoms with E-state index in [1.54, 1.807) is 6.33 Å². The van der Waals surface area contributed by atoms with Crippen LogP contribution in [0.1, 0.15) is 29.5 Å². The zero-order valence-electron chi connectivity index (χ0n) is 17.3. The fraction of sp³-hybridized carbons (Fsp3) is 0.435. The minimum absolute atomic E-state index is 0.783. The van der Waals surface area contributed by atoms with Gasteiger partial charge in [-0.25, -0.2) is 15.0 Å². The van der Waals surface area contributed by atoms with E-state index < -0.39 is 0 Å². The van der Waals surface area contributed by atoms with Gasteiger partial charge < -0.3 is 9.30 Å². The summed E-state index contributed by atoms with van der Waals surface area (Å²) in [5, 5.41) is 1.33. The van der Waals surface area contributed by atoms with Crippen molar-refractivity contribution in [2.45, 2.75) is 32.7 Å². The molecule has 5 heterocycles. The smallest absolute Gasteiger partial charge is 0.141 e. The van der Waals surface area contributed by atoms with Crippen LogP contribution in [0, 0.1) is 5.92 Å². The summed E-state index contributed by atoms with van der Waals surface area (Å²) >= 11 is 1.89. The number of nitrogens with zero attached hydrogens (tertiary/aromatic N) is 6. The van der Waals surface area contributed by atoms with Crippen molar-refractivity contribution in [3.63, 3.8) is 0 Å². The molecule has 1 aliphatic heterocycles. The van der Waals surface area contributed by atoms with Gasteiger partial charge in [0.05, 0.1) is 11.1 Å². The van der Waals surface area contributed by atoms with Crippen LogP contribution in [0.4, 0.5) is 5.82 Å². The van der Waals surface area contributed by atoms with E-state index in [-0.39, 0.29) is 0 Å². The Labute approximate surface area is 180 Å². The molecule has 30 heavy (non-hydrogen) atoms. The molecule has 1 atom stereocenters. The van der Waals surface area contributed by atoms with Crippen molar-refractivity contribution in [3.05, 3.63) is 53.1 Å². The molecule has 0 amide bonds. The molecular formula is C23H26N6S. The first-order valence-electron chi connectivity index (χ1n) is 10.9. The molecule has 1 aliphatic carbocycles. The SMILES string of the molecule is C[C@@H]1CCc2c(sc3ncnc(N4CCN(Cc5cn6ccccc6n5)CC4)c23)C1. The number of thiophene rings is 1. The molecule has 0 spiro atoms. The fourth-order valence-corrected chi connectivity index (χ4v) is 6.25. The summed E-state index contributed by atoms with van der Waals surface area (Å²) in [5.41, 5.74) is 3.68. The molecule has 6 rings (SSSR count). The maximum Gasteiger partial charge on any atom is 0.141 e. The molecule has 154 valence electrons. The maximum atomic E-state index is 4.76. The number of hydrogen-bond acceptors (Lipinski definition) is 6. The summed E-state index contributed by atoms with van der Waals surface area (Å²) in [6.45, 7) is 7.33. The average Bonchev–Trinajstić information content (AvgIpc) is 3.34. The highest BCUT2D eigenvalue weighted by molar-refractivity contribution is 7.19. The van der Waals surface area contributed by atoms with Crippen LogP contribution in [-0.2, 0) is 19.4 Å². The van der Waals surface area contributed by atoms with Crippen LogP contribution in [0.15, 0.2) is 36.9 Å². The van der Waals surface area contributed by atoms with Gasteiger partial charge in [0.1, 0.15) is 22.6 Å². The highest BCUT2D eigenvalue weighted by Crippen LogP contribution is 2.40. The molecule has 0 bridgehead atoms. The number of fused-ring (bicyclic) bond motifs is 4. The van der Waals surface area contributed by atoms with Crippen LogP contribution in [0.25, 0.3) is 15.9 Å². The lowest BCUT2D eigenvalue weighted by Crippen LogP contribution is -2.46. The highest BCUT2D eigenvalue weighted by atomic mass is 32.1. The van der Waals surface area contributed by atoms with Gasteiger partial charge in [-0.1, -0.05) is 13.0 Å². The number of aromatic nitrogens is 4. The molecule has 0 saturated carbocycles. The molecule has 0 unspecified atom stereocenters. The van der Waals surface area contributed by atoms with E-state index in [0.717, 1.165) is 55.8 Å². The Hall–Kier alpha value is -2.51. The standard InChI is InChI=1S/C23H26N6S/c1-16-5-6-18-19(12-16)30-23-21(18)22(24-15-25-23)28-10-8-27(9-11-28)13-17-14-29-7-3-2-4-20(29)26-17/h2-4,7,14-16H,5-6,8-13H2,1H3/t16-/m1/s1. The van der Waals surface area contributed by atoms with Gasteiger partial charge in [0.15, 0.2) is 0 Å². The Kier molecular flexibility index (Phi) is 4.46. The van der Waals surface area contributed by atoms with E-state index in [2.05, 4.69) is 44.6 Å². The molecule has 0 radical (unpaired) electrons. The summed E-state index contributed by atoms with van der Waals surface area (Å²) in [6, 6.07) is 6.14. The fourth-order valence-electron chi connectivity index (χ4n) is 4.91. The molecule has 4 aromatic rings. The second kappa shape index (κ2) is 7.32. The van der Waals surface area contributed by atoms with Crippen molar-refractivity contribution in [3.8, 4) is 0 Å². The molecule has 7 heteroatoms. The third-order valence-electron chi connectivity index (χ3n) is 6.54. The van der Waals surface area contributed by atoms with Gasteiger partial charge in [0.25, 0.3) is 0 Å². The van der Waals surface area contributed by atoms with Crippen LogP contribution < -0.4 is 4.90 Å². The van der Waals surface area contributed by atoms with Crippen molar-refractivity contribution >= 4 is 33.0 Å². The van der Waals surface area contributed by atoms with E-state index in [4.69, 9.17) is 9.97 Å². The zero-order valence-corrected chi connectivity index (χ0v) is 18.1. The van der Waals surface area contributed by atoms with Crippen LogP contribution in [-0.4, -0.2) is 50.4 Å².